The molecule has 2 bridgehead atoms. The lowest BCUT2D eigenvalue weighted by molar-refractivity contribution is 0.0171. The fraction of sp³-hybridized carbons (Fsp3) is 0.560. The summed E-state index contributed by atoms with van der Waals surface area (Å²) >= 11 is 0. The number of aromatic nitrogens is 4. The number of aryl methyl sites for hydroxylation is 1. The summed E-state index contributed by atoms with van der Waals surface area (Å²) in [6.07, 6.45) is 6.90. The lowest BCUT2D eigenvalue weighted by Gasteiger charge is -2.34. The van der Waals surface area contributed by atoms with Crippen LogP contribution < -0.4 is 9.64 Å². The molecule has 3 fully saturated rings. The Kier molecular flexibility index (Phi) is 4.85. The maximum absolute atomic E-state index is 10.4. The highest BCUT2D eigenvalue weighted by Gasteiger charge is 2.40. The first-order valence-corrected chi connectivity index (χ1v) is 11.9. The summed E-state index contributed by atoms with van der Waals surface area (Å²) in [5.41, 5.74) is 3.12. The van der Waals surface area contributed by atoms with Crippen LogP contribution in [-0.4, -0.2) is 62.9 Å². The Morgan fingerprint density at radius 3 is 2.64 bits per heavy atom. The van der Waals surface area contributed by atoms with Gasteiger partial charge in [-0.05, 0) is 75.1 Å². The highest BCUT2D eigenvalue weighted by molar-refractivity contribution is 5.82. The van der Waals surface area contributed by atoms with Crippen molar-refractivity contribution in [2.45, 2.75) is 69.6 Å². The van der Waals surface area contributed by atoms with Crippen LogP contribution >= 0.6 is 0 Å². The Morgan fingerprint density at radius 2 is 1.94 bits per heavy atom. The minimum absolute atomic E-state index is 0.284. The number of aliphatic hydroxyl groups is 1. The second-order valence-corrected chi connectivity index (χ2v) is 10.2. The summed E-state index contributed by atoms with van der Waals surface area (Å²) in [5.74, 6) is 2.02. The van der Waals surface area contributed by atoms with Crippen molar-refractivity contribution in [1.29, 1.82) is 0 Å². The van der Waals surface area contributed by atoms with Crippen molar-refractivity contribution in [3.63, 3.8) is 0 Å². The van der Waals surface area contributed by atoms with E-state index in [9.17, 15) is 5.11 Å². The van der Waals surface area contributed by atoms with Crippen molar-refractivity contribution in [2.24, 2.45) is 0 Å². The van der Waals surface area contributed by atoms with E-state index in [1.54, 1.807) is 7.11 Å². The predicted octanol–water partition coefficient (Wildman–Crippen LogP) is 3.52. The van der Waals surface area contributed by atoms with Gasteiger partial charge in [0.1, 0.15) is 5.82 Å². The van der Waals surface area contributed by atoms with Crippen molar-refractivity contribution in [1.82, 2.24) is 19.7 Å². The van der Waals surface area contributed by atoms with Gasteiger partial charge in [-0.15, -0.1) is 0 Å². The van der Waals surface area contributed by atoms with E-state index in [4.69, 9.17) is 14.6 Å². The molecule has 2 aromatic heterocycles. The maximum atomic E-state index is 10.4. The number of ether oxygens (including phenoxy) is 2. The molecule has 3 aliphatic rings. The molecular formula is C25H31N5O3. The molecule has 1 N–H and O–H groups in total. The Bertz CT molecular complexity index is 1200. The zero-order valence-corrected chi connectivity index (χ0v) is 19.5. The van der Waals surface area contributed by atoms with Gasteiger partial charge in [-0.2, -0.15) is 15.1 Å². The van der Waals surface area contributed by atoms with Crippen LogP contribution in [0.25, 0.3) is 16.7 Å². The van der Waals surface area contributed by atoms with Crippen LogP contribution in [0.15, 0.2) is 24.4 Å². The number of benzene rings is 1. The molecule has 6 rings (SSSR count). The molecule has 2 atom stereocenters. The fourth-order valence-electron chi connectivity index (χ4n) is 5.81. The van der Waals surface area contributed by atoms with Crippen molar-refractivity contribution in [2.75, 3.05) is 25.2 Å². The average molecular weight is 450 g/mol. The summed E-state index contributed by atoms with van der Waals surface area (Å²) in [5, 5.41) is 16.2. The third-order valence-corrected chi connectivity index (χ3v) is 7.73. The number of morpholine rings is 1. The van der Waals surface area contributed by atoms with Crippen molar-refractivity contribution in [3.05, 3.63) is 35.5 Å². The van der Waals surface area contributed by atoms with Gasteiger partial charge in [-0.1, -0.05) is 0 Å². The van der Waals surface area contributed by atoms with Crippen LogP contribution in [0.1, 0.15) is 56.1 Å². The standard InChI is InChI=1S/C25H31N5O3/c1-15-8-17-12-26-30(21(17)10-20(15)16-4-6-25(2,31)7-5-16)23-11-22(27-24(28-23)32-3)29-13-19-9-18(29)14-33-19/h8,10-12,16,18-19,31H,4-7,9,13-14H2,1-3H3/t16-,18-,19-,25+/m1/s1. The van der Waals surface area contributed by atoms with Gasteiger partial charge >= 0.3 is 6.01 Å². The highest BCUT2D eigenvalue weighted by atomic mass is 16.5. The Hall–Kier alpha value is -2.71. The largest absolute Gasteiger partial charge is 0.467 e. The molecule has 8 heteroatoms. The topological polar surface area (TPSA) is 85.5 Å². The van der Waals surface area contributed by atoms with Gasteiger partial charge in [-0.3, -0.25) is 0 Å². The quantitative estimate of drug-likeness (QED) is 0.652. The molecule has 2 saturated heterocycles. The molecule has 0 amide bonds. The Morgan fingerprint density at radius 1 is 1.15 bits per heavy atom. The van der Waals surface area contributed by atoms with Gasteiger partial charge in [0.15, 0.2) is 5.82 Å². The summed E-state index contributed by atoms with van der Waals surface area (Å²) in [6, 6.07) is 7.19. The van der Waals surface area contributed by atoms with E-state index >= 15 is 0 Å². The molecule has 1 aliphatic carbocycles. The first kappa shape index (κ1) is 20.9. The molecule has 0 spiro atoms. The summed E-state index contributed by atoms with van der Waals surface area (Å²) in [6.45, 7) is 5.72. The monoisotopic (exact) mass is 449 g/mol. The number of hydrogen-bond donors (Lipinski definition) is 1. The van der Waals surface area contributed by atoms with E-state index in [1.807, 2.05) is 23.9 Å². The molecule has 33 heavy (non-hydrogen) atoms. The Labute approximate surface area is 193 Å². The van der Waals surface area contributed by atoms with Crippen LogP contribution in [0.3, 0.4) is 0 Å². The number of fused-ring (bicyclic) bond motifs is 3. The van der Waals surface area contributed by atoms with Gasteiger partial charge in [0.25, 0.3) is 0 Å². The second-order valence-electron chi connectivity index (χ2n) is 10.2. The van der Waals surface area contributed by atoms with Gasteiger partial charge in [0.05, 0.1) is 43.2 Å². The van der Waals surface area contributed by atoms with Gasteiger partial charge in [0, 0.05) is 18.0 Å². The van der Waals surface area contributed by atoms with Crippen molar-refractivity contribution < 1.29 is 14.6 Å². The fourth-order valence-corrected chi connectivity index (χ4v) is 5.81. The first-order valence-electron chi connectivity index (χ1n) is 11.9. The smallest absolute Gasteiger partial charge is 0.320 e. The molecule has 0 radical (unpaired) electrons. The number of rotatable bonds is 4. The molecular weight excluding hydrogens is 418 g/mol. The van der Waals surface area contributed by atoms with E-state index in [0.717, 1.165) is 62.0 Å². The molecule has 1 aromatic carbocycles. The maximum Gasteiger partial charge on any atom is 0.320 e. The van der Waals surface area contributed by atoms with Crippen LogP contribution in [0.5, 0.6) is 6.01 Å². The summed E-state index contributed by atoms with van der Waals surface area (Å²) < 4.78 is 13.1. The first-order chi connectivity index (χ1) is 15.9. The van der Waals surface area contributed by atoms with E-state index in [0.29, 0.717) is 23.8 Å². The highest BCUT2D eigenvalue weighted by Crippen LogP contribution is 2.40. The third kappa shape index (κ3) is 3.65. The summed E-state index contributed by atoms with van der Waals surface area (Å²) in [4.78, 5) is 11.6. The molecule has 0 unspecified atom stereocenters. The van der Waals surface area contributed by atoms with Crippen molar-refractivity contribution in [3.8, 4) is 11.8 Å². The van der Waals surface area contributed by atoms with Crippen molar-refractivity contribution >= 4 is 16.7 Å². The SMILES string of the molecule is COc1nc(N2C[C@H]3C[C@@H]2CO3)cc(-n2ncc3cc(C)c([C@H]4CC[C@@](C)(O)CC4)cc32)n1. The minimum atomic E-state index is -0.537. The zero-order valence-electron chi connectivity index (χ0n) is 19.5. The molecule has 8 nitrogen and oxygen atoms in total. The lowest BCUT2D eigenvalue weighted by Crippen LogP contribution is -2.37. The summed E-state index contributed by atoms with van der Waals surface area (Å²) in [7, 11) is 1.60. The second kappa shape index (κ2) is 7.67. The third-order valence-electron chi connectivity index (χ3n) is 7.73. The molecule has 1 saturated carbocycles. The predicted molar refractivity (Wildman–Crippen MR) is 125 cm³/mol. The number of nitrogens with zero attached hydrogens (tertiary/aromatic N) is 5. The molecule has 174 valence electrons. The normalized spacial score (nSPS) is 29.2. The minimum Gasteiger partial charge on any atom is -0.467 e. The van der Waals surface area contributed by atoms with E-state index in [1.165, 1.54) is 11.1 Å². The van der Waals surface area contributed by atoms with Crippen LogP contribution in [-0.2, 0) is 4.74 Å². The molecule has 2 aliphatic heterocycles. The van der Waals surface area contributed by atoms with Gasteiger partial charge in [0.2, 0.25) is 0 Å². The number of hydrogen-bond acceptors (Lipinski definition) is 7. The van der Waals surface area contributed by atoms with E-state index in [-0.39, 0.29) is 6.10 Å². The Balaban J connectivity index is 1.40. The number of anilines is 1. The lowest BCUT2D eigenvalue weighted by atomic mass is 9.76. The van der Waals surface area contributed by atoms with Crippen LogP contribution in [0, 0.1) is 6.92 Å². The van der Waals surface area contributed by atoms with Crippen LogP contribution in [0.2, 0.25) is 0 Å². The number of methoxy groups -OCH3 is 1. The average Bonchev–Trinajstić information content (AvgIpc) is 3.54. The van der Waals surface area contributed by atoms with Crippen LogP contribution in [0.4, 0.5) is 5.82 Å². The van der Waals surface area contributed by atoms with E-state index < -0.39 is 5.60 Å². The van der Waals surface area contributed by atoms with Gasteiger partial charge < -0.3 is 19.5 Å². The molecule has 3 aromatic rings. The van der Waals surface area contributed by atoms with Gasteiger partial charge in [-0.25, -0.2) is 4.68 Å². The van der Waals surface area contributed by atoms with E-state index in [2.05, 4.69) is 33.9 Å². The molecule has 4 heterocycles. The zero-order chi connectivity index (χ0) is 22.7.